The van der Waals surface area contributed by atoms with Crippen LogP contribution in [0.5, 0.6) is 0 Å². The van der Waals surface area contributed by atoms with E-state index < -0.39 is 0 Å². The van der Waals surface area contributed by atoms with Crippen molar-refractivity contribution in [2.45, 2.75) is 32.1 Å². The summed E-state index contributed by atoms with van der Waals surface area (Å²) in [7, 11) is 0. The Labute approximate surface area is 156 Å². The van der Waals surface area contributed by atoms with Crippen LogP contribution in [-0.2, 0) is 4.79 Å². The van der Waals surface area contributed by atoms with E-state index in [1.807, 2.05) is 24.3 Å². The Morgan fingerprint density at radius 2 is 2.00 bits per heavy atom. The highest BCUT2D eigenvalue weighted by Gasteiger charge is 2.18. The summed E-state index contributed by atoms with van der Waals surface area (Å²) in [6.07, 6.45) is 7.09. The first-order chi connectivity index (χ1) is 12.7. The Morgan fingerprint density at radius 1 is 1.19 bits per heavy atom. The maximum atomic E-state index is 12.2. The van der Waals surface area contributed by atoms with Crippen molar-refractivity contribution in [3.63, 3.8) is 0 Å². The van der Waals surface area contributed by atoms with Crippen molar-refractivity contribution in [1.29, 1.82) is 0 Å². The van der Waals surface area contributed by atoms with Crippen molar-refractivity contribution in [3.8, 4) is 0 Å². The fraction of sp³-hybridized carbons (Fsp3) is 0.316. The van der Waals surface area contributed by atoms with Gasteiger partial charge in [-0.05, 0) is 49.1 Å². The molecule has 0 unspecified atom stereocenters. The van der Waals surface area contributed by atoms with Crippen molar-refractivity contribution in [1.82, 2.24) is 15.2 Å². The molecule has 1 aromatic carbocycles. The fourth-order valence-electron chi connectivity index (χ4n) is 3.47. The summed E-state index contributed by atoms with van der Waals surface area (Å²) in [4.78, 5) is 16.3. The number of fused-ring (bicyclic) bond motifs is 1. The highest BCUT2D eigenvalue weighted by molar-refractivity contribution is 6.29. The van der Waals surface area contributed by atoms with Crippen LogP contribution in [0.3, 0.4) is 0 Å². The number of hydrogen-bond donors (Lipinski definition) is 3. The number of hydrogen-bond acceptors (Lipinski definition) is 4. The highest BCUT2D eigenvalue weighted by atomic mass is 35.5. The average Bonchev–Trinajstić information content (AvgIpc) is 3.27. The molecule has 0 bridgehead atoms. The second-order valence-corrected chi connectivity index (χ2v) is 7.12. The molecule has 0 aliphatic heterocycles. The molecule has 1 fully saturated rings. The van der Waals surface area contributed by atoms with Gasteiger partial charge in [0.05, 0.1) is 17.4 Å². The lowest BCUT2D eigenvalue weighted by Crippen LogP contribution is -2.15. The fourth-order valence-corrected chi connectivity index (χ4v) is 3.58. The van der Waals surface area contributed by atoms with Gasteiger partial charge in [-0.2, -0.15) is 5.10 Å². The number of rotatable bonds is 5. The van der Waals surface area contributed by atoms with Gasteiger partial charge in [0.1, 0.15) is 5.15 Å². The van der Waals surface area contributed by atoms with Crippen LogP contribution in [0.15, 0.2) is 36.5 Å². The topological polar surface area (TPSA) is 82.7 Å². The van der Waals surface area contributed by atoms with Gasteiger partial charge in [0.25, 0.3) is 0 Å². The quantitative estimate of drug-likeness (QED) is 0.560. The van der Waals surface area contributed by atoms with Crippen LogP contribution in [0.1, 0.15) is 32.1 Å². The molecule has 1 amide bonds. The molecule has 0 atom stereocenters. The average molecular weight is 370 g/mol. The number of carbonyl (C=O) groups excluding carboxylic acids is 1. The molecule has 3 N–H and O–H groups in total. The van der Waals surface area contributed by atoms with Crippen LogP contribution in [0.2, 0.25) is 5.15 Å². The molecule has 1 saturated carbocycles. The maximum Gasteiger partial charge on any atom is 0.224 e. The zero-order valence-electron chi connectivity index (χ0n) is 14.3. The van der Waals surface area contributed by atoms with Gasteiger partial charge in [0.2, 0.25) is 5.91 Å². The summed E-state index contributed by atoms with van der Waals surface area (Å²) in [5.74, 6) is 1.32. The third-order valence-corrected chi connectivity index (χ3v) is 5.01. The summed E-state index contributed by atoms with van der Waals surface area (Å²) in [5.41, 5.74) is 2.44. The number of nitrogens with one attached hydrogen (secondary N) is 3. The molecule has 1 aliphatic rings. The molecule has 134 valence electrons. The highest BCUT2D eigenvalue weighted by Crippen LogP contribution is 2.29. The summed E-state index contributed by atoms with van der Waals surface area (Å²) in [5, 5.41) is 14.9. The summed E-state index contributed by atoms with van der Waals surface area (Å²) >= 11 is 5.81. The zero-order valence-corrected chi connectivity index (χ0v) is 15.0. The third kappa shape index (κ3) is 3.80. The van der Waals surface area contributed by atoms with E-state index in [2.05, 4.69) is 25.8 Å². The molecular formula is C19H20ClN5O. The predicted molar refractivity (Wildman–Crippen MR) is 104 cm³/mol. The number of carbonyl (C=O) groups is 1. The van der Waals surface area contributed by atoms with E-state index in [0.29, 0.717) is 23.3 Å². The first-order valence-electron chi connectivity index (χ1n) is 8.84. The lowest BCUT2D eigenvalue weighted by Gasteiger charge is -2.09. The number of aromatic amines is 1. The van der Waals surface area contributed by atoms with Crippen LogP contribution in [0.25, 0.3) is 10.9 Å². The van der Waals surface area contributed by atoms with Gasteiger partial charge in [-0.1, -0.05) is 24.4 Å². The van der Waals surface area contributed by atoms with Gasteiger partial charge >= 0.3 is 0 Å². The van der Waals surface area contributed by atoms with Gasteiger partial charge < -0.3 is 10.6 Å². The van der Waals surface area contributed by atoms with E-state index in [9.17, 15) is 4.79 Å². The zero-order chi connectivity index (χ0) is 17.9. The number of halogens is 1. The van der Waals surface area contributed by atoms with Gasteiger partial charge in [0, 0.05) is 17.5 Å². The molecule has 0 saturated heterocycles. The predicted octanol–water partition coefficient (Wildman–Crippen LogP) is 4.87. The van der Waals surface area contributed by atoms with Crippen molar-refractivity contribution < 1.29 is 4.79 Å². The molecule has 0 spiro atoms. The summed E-state index contributed by atoms with van der Waals surface area (Å²) in [6.45, 7) is 0. The lowest BCUT2D eigenvalue weighted by atomic mass is 10.0. The normalized spacial score (nSPS) is 14.7. The van der Waals surface area contributed by atoms with Crippen molar-refractivity contribution in [2.24, 2.45) is 5.92 Å². The number of benzene rings is 1. The number of amides is 1. The minimum Gasteiger partial charge on any atom is -0.337 e. The number of H-pyrrole nitrogens is 1. The molecular weight excluding hydrogens is 350 g/mol. The van der Waals surface area contributed by atoms with Gasteiger partial charge in [-0.3, -0.25) is 9.89 Å². The van der Waals surface area contributed by atoms with Gasteiger partial charge in [0.15, 0.2) is 5.82 Å². The second-order valence-electron chi connectivity index (χ2n) is 6.73. The van der Waals surface area contributed by atoms with E-state index in [1.165, 1.54) is 25.7 Å². The smallest absolute Gasteiger partial charge is 0.224 e. The lowest BCUT2D eigenvalue weighted by molar-refractivity contribution is -0.117. The Hall–Kier alpha value is -2.60. The number of anilines is 3. The monoisotopic (exact) mass is 369 g/mol. The molecule has 7 heteroatoms. The Balaban J connectivity index is 1.46. The van der Waals surface area contributed by atoms with Crippen LogP contribution in [-0.4, -0.2) is 21.1 Å². The van der Waals surface area contributed by atoms with Crippen molar-refractivity contribution in [3.05, 3.63) is 41.7 Å². The molecule has 2 aromatic heterocycles. The van der Waals surface area contributed by atoms with E-state index in [-0.39, 0.29) is 5.91 Å². The Morgan fingerprint density at radius 3 is 2.77 bits per heavy atom. The standard InChI is InChI=1S/C19H20ClN5O/c20-17-8-6-14(11-21-17)23-19-15-7-5-13(10-16(15)24-25-19)22-18(26)9-12-3-1-2-4-12/h5-8,10-12H,1-4,9H2,(H,22,26)(H2,23,24,25). The van der Waals surface area contributed by atoms with E-state index in [4.69, 9.17) is 11.6 Å². The van der Waals surface area contributed by atoms with Crippen LogP contribution >= 0.6 is 11.6 Å². The molecule has 2 heterocycles. The Kier molecular flexibility index (Phi) is 4.75. The second kappa shape index (κ2) is 7.33. The third-order valence-electron chi connectivity index (χ3n) is 4.79. The molecule has 0 radical (unpaired) electrons. The van der Waals surface area contributed by atoms with Crippen molar-refractivity contribution in [2.75, 3.05) is 10.6 Å². The molecule has 26 heavy (non-hydrogen) atoms. The van der Waals surface area contributed by atoms with Crippen LogP contribution in [0.4, 0.5) is 17.2 Å². The number of nitrogens with zero attached hydrogens (tertiary/aromatic N) is 2. The van der Waals surface area contributed by atoms with Gasteiger partial charge in [-0.15, -0.1) is 0 Å². The van der Waals surface area contributed by atoms with E-state index in [0.717, 1.165) is 22.3 Å². The minimum atomic E-state index is 0.0846. The SMILES string of the molecule is O=C(CC1CCCC1)Nc1ccc2c(Nc3ccc(Cl)nc3)n[nH]c2c1. The molecule has 4 rings (SSSR count). The first kappa shape index (κ1) is 16.8. The van der Waals surface area contributed by atoms with E-state index in [1.54, 1.807) is 12.3 Å². The first-order valence-corrected chi connectivity index (χ1v) is 9.22. The number of pyridine rings is 1. The minimum absolute atomic E-state index is 0.0846. The number of aromatic nitrogens is 3. The van der Waals surface area contributed by atoms with Crippen LogP contribution in [0, 0.1) is 5.92 Å². The van der Waals surface area contributed by atoms with Gasteiger partial charge in [-0.25, -0.2) is 4.98 Å². The van der Waals surface area contributed by atoms with Crippen molar-refractivity contribution >= 4 is 45.6 Å². The molecule has 3 aromatic rings. The van der Waals surface area contributed by atoms with E-state index >= 15 is 0 Å². The van der Waals surface area contributed by atoms with Crippen LogP contribution < -0.4 is 10.6 Å². The maximum absolute atomic E-state index is 12.2. The molecule has 1 aliphatic carbocycles. The summed E-state index contributed by atoms with van der Waals surface area (Å²) in [6, 6.07) is 9.30. The largest absolute Gasteiger partial charge is 0.337 e. The summed E-state index contributed by atoms with van der Waals surface area (Å²) < 4.78 is 0. The molecule has 6 nitrogen and oxygen atoms in total. The Bertz CT molecular complexity index is 915.